The molecule has 0 fully saturated rings. The number of hydrogen-bond acceptors (Lipinski definition) is 7. The Balaban J connectivity index is 0. The van der Waals surface area contributed by atoms with Crippen molar-refractivity contribution < 1.29 is 47.2 Å². The SMILES string of the molecule is CO/N=C(C)/C(C)=N/N=C/c1ccccc1/C([C-]=O)=N\OC.[CH3-].[Y]. The monoisotopic (exact) mass is 405 g/mol. The number of hydrogen-bond donors (Lipinski definition) is 0. The van der Waals surface area contributed by atoms with E-state index in [0.717, 1.165) is 0 Å². The minimum atomic E-state index is 0. The minimum absolute atomic E-state index is 0. The molecule has 127 valence electrons. The van der Waals surface area contributed by atoms with Crippen LogP contribution in [-0.4, -0.2) is 43.9 Å². The van der Waals surface area contributed by atoms with E-state index in [-0.39, 0.29) is 45.8 Å². The molecule has 0 atom stereocenters. The van der Waals surface area contributed by atoms with E-state index in [4.69, 9.17) is 0 Å². The van der Waals surface area contributed by atoms with Crippen molar-refractivity contribution in [2.75, 3.05) is 14.2 Å². The predicted octanol–water partition coefficient (Wildman–Crippen LogP) is 2.41. The number of rotatable bonds is 7. The zero-order valence-electron chi connectivity index (χ0n) is 14.5. The molecule has 0 aliphatic carbocycles. The Hall–Kier alpha value is -1.73. The molecule has 1 radical (unpaired) electrons. The van der Waals surface area contributed by atoms with Crippen LogP contribution < -0.4 is 0 Å². The van der Waals surface area contributed by atoms with E-state index in [9.17, 15) is 4.79 Å². The van der Waals surface area contributed by atoms with Crippen molar-refractivity contribution in [3.8, 4) is 0 Å². The smallest absolute Gasteiger partial charge is 0.106 e. The predicted molar refractivity (Wildman–Crippen MR) is 92.9 cm³/mol. The van der Waals surface area contributed by atoms with Crippen LogP contribution >= 0.6 is 0 Å². The molecule has 1 rings (SSSR count). The Morgan fingerprint density at radius 1 is 1.08 bits per heavy atom. The molecule has 0 saturated heterocycles. The first-order valence-corrected chi connectivity index (χ1v) is 6.38. The molecule has 0 aromatic heterocycles. The van der Waals surface area contributed by atoms with E-state index in [1.807, 2.05) is 6.07 Å². The van der Waals surface area contributed by atoms with Crippen LogP contribution in [0.15, 0.2) is 44.8 Å². The van der Waals surface area contributed by atoms with Crippen LogP contribution in [0.5, 0.6) is 0 Å². The molecule has 0 bridgehead atoms. The molecule has 8 heteroatoms. The molecule has 7 nitrogen and oxygen atoms in total. The third-order valence-corrected chi connectivity index (χ3v) is 2.65. The van der Waals surface area contributed by atoms with Gasteiger partial charge in [-0.05, 0) is 19.6 Å². The van der Waals surface area contributed by atoms with Crippen LogP contribution in [0, 0.1) is 7.43 Å². The average Bonchev–Trinajstić information content (AvgIpc) is 2.53. The molecular formula is C16H20N4O3Y-2. The second-order valence-electron chi connectivity index (χ2n) is 4.10. The Morgan fingerprint density at radius 3 is 2.29 bits per heavy atom. The van der Waals surface area contributed by atoms with Gasteiger partial charge in [-0.1, -0.05) is 28.9 Å². The summed E-state index contributed by atoms with van der Waals surface area (Å²) in [6, 6.07) is 7.09. The second kappa shape index (κ2) is 13.7. The molecular weight excluding hydrogens is 385 g/mol. The fraction of sp³-hybridized carbons (Fsp3) is 0.250. The molecule has 0 saturated carbocycles. The fourth-order valence-corrected chi connectivity index (χ4v) is 1.49. The van der Waals surface area contributed by atoms with Gasteiger partial charge < -0.3 is 21.9 Å². The molecule has 24 heavy (non-hydrogen) atoms. The van der Waals surface area contributed by atoms with E-state index in [1.54, 1.807) is 38.3 Å². The standard InChI is InChI=1S/C15H17N4O3.CH3.Y/c1-11(12(2)18-21-3)17-16-9-13-7-5-6-8-14(13)15(10-20)19-22-4;;/h5-9H,1-4H3;1H3;/q2*-1;/b16-9+,17-11+,18-12+,19-15-;;. The van der Waals surface area contributed by atoms with Gasteiger partial charge in [0.1, 0.15) is 14.2 Å². The van der Waals surface area contributed by atoms with Crippen LogP contribution in [0.25, 0.3) is 0 Å². The number of benzene rings is 1. The van der Waals surface area contributed by atoms with Gasteiger partial charge >= 0.3 is 0 Å². The first-order valence-electron chi connectivity index (χ1n) is 6.38. The Morgan fingerprint density at radius 2 is 1.71 bits per heavy atom. The molecule has 1 aromatic carbocycles. The van der Waals surface area contributed by atoms with Gasteiger partial charge in [-0.2, -0.15) is 10.2 Å². The summed E-state index contributed by atoms with van der Waals surface area (Å²) in [5, 5.41) is 15.4. The van der Waals surface area contributed by atoms with Gasteiger partial charge in [0.2, 0.25) is 0 Å². The summed E-state index contributed by atoms with van der Waals surface area (Å²) in [6.07, 6.45) is 3.25. The molecule has 0 aliphatic heterocycles. The summed E-state index contributed by atoms with van der Waals surface area (Å²) in [4.78, 5) is 20.2. The van der Waals surface area contributed by atoms with Crippen LogP contribution in [0.2, 0.25) is 0 Å². The van der Waals surface area contributed by atoms with E-state index < -0.39 is 0 Å². The molecule has 1 aromatic rings. The summed E-state index contributed by atoms with van der Waals surface area (Å²) in [5.41, 5.74) is 2.51. The summed E-state index contributed by atoms with van der Waals surface area (Å²) >= 11 is 0. The van der Waals surface area contributed by atoms with Gasteiger partial charge in [-0.15, -0.1) is 16.8 Å². The molecule has 0 heterocycles. The largest absolute Gasteiger partial charge is 0.417 e. The maximum absolute atomic E-state index is 11.0. The van der Waals surface area contributed by atoms with Crippen molar-refractivity contribution in [2.24, 2.45) is 20.5 Å². The van der Waals surface area contributed by atoms with Crippen LogP contribution in [0.1, 0.15) is 25.0 Å². The Labute approximate surface area is 167 Å². The van der Waals surface area contributed by atoms with Crippen molar-refractivity contribution >= 4 is 29.6 Å². The third-order valence-electron chi connectivity index (χ3n) is 2.65. The first-order chi connectivity index (χ1) is 10.6. The Bertz CT molecular complexity index is 640. The van der Waals surface area contributed by atoms with E-state index >= 15 is 0 Å². The van der Waals surface area contributed by atoms with Crippen molar-refractivity contribution in [3.05, 3.63) is 42.8 Å². The van der Waals surface area contributed by atoms with E-state index in [2.05, 4.69) is 30.2 Å². The average molecular weight is 405 g/mol. The minimum Gasteiger partial charge on any atom is -0.417 e. The quantitative estimate of drug-likeness (QED) is 0.397. The van der Waals surface area contributed by atoms with Gasteiger partial charge in [-0.25, -0.2) is 0 Å². The zero-order valence-corrected chi connectivity index (χ0v) is 17.3. The van der Waals surface area contributed by atoms with Crippen LogP contribution in [-0.2, 0) is 47.2 Å². The van der Waals surface area contributed by atoms with Crippen molar-refractivity contribution in [1.82, 2.24) is 0 Å². The zero-order chi connectivity index (χ0) is 16.4. The summed E-state index contributed by atoms with van der Waals surface area (Å²) in [6.45, 7) is 3.52. The third kappa shape index (κ3) is 7.70. The van der Waals surface area contributed by atoms with Gasteiger partial charge in [-0.3, -0.25) is 0 Å². The van der Waals surface area contributed by atoms with Crippen LogP contribution in [0.3, 0.4) is 0 Å². The molecule has 0 unspecified atom stereocenters. The summed E-state index contributed by atoms with van der Waals surface area (Å²) < 4.78 is 0. The molecule has 0 spiro atoms. The van der Waals surface area contributed by atoms with Crippen molar-refractivity contribution in [2.45, 2.75) is 13.8 Å². The molecule has 0 amide bonds. The Kier molecular flexibility index (Phi) is 14.0. The number of oxime groups is 2. The van der Waals surface area contributed by atoms with Gasteiger partial charge in [0.25, 0.3) is 0 Å². The van der Waals surface area contributed by atoms with Crippen molar-refractivity contribution in [3.63, 3.8) is 0 Å². The normalized spacial score (nSPS) is 12.2. The topological polar surface area (TPSA) is 85.0 Å². The van der Waals surface area contributed by atoms with E-state index in [0.29, 0.717) is 22.6 Å². The molecule has 0 aliphatic rings. The maximum Gasteiger partial charge on any atom is 0.106 e. The molecule has 0 N–H and O–H groups in total. The maximum atomic E-state index is 11.0. The fourth-order valence-electron chi connectivity index (χ4n) is 1.49. The summed E-state index contributed by atoms with van der Waals surface area (Å²) in [5.74, 6) is 0. The van der Waals surface area contributed by atoms with Gasteiger partial charge in [0, 0.05) is 45.2 Å². The summed E-state index contributed by atoms with van der Waals surface area (Å²) in [7, 11) is 2.82. The van der Waals surface area contributed by atoms with Crippen molar-refractivity contribution in [1.29, 1.82) is 0 Å². The number of carbonyl (C=O) groups excluding carboxylic acids is 1. The first kappa shape index (κ1) is 24.5. The van der Waals surface area contributed by atoms with Gasteiger partial charge in [0.15, 0.2) is 0 Å². The van der Waals surface area contributed by atoms with E-state index in [1.165, 1.54) is 20.4 Å². The van der Waals surface area contributed by atoms with Crippen LogP contribution in [0.4, 0.5) is 0 Å². The van der Waals surface area contributed by atoms with Gasteiger partial charge in [0.05, 0.1) is 11.4 Å². The second-order valence-corrected chi connectivity index (χ2v) is 4.10. The number of nitrogens with zero attached hydrogens (tertiary/aromatic N) is 4.